The Morgan fingerprint density at radius 3 is 2.55 bits per heavy atom. The van der Waals surface area contributed by atoms with Crippen LogP contribution >= 0.6 is 11.3 Å². The topological polar surface area (TPSA) is 99.5 Å². The molecule has 104 valence electrons. The first-order valence-electron chi connectivity index (χ1n) is 5.81. The van der Waals surface area contributed by atoms with Gasteiger partial charge in [-0.25, -0.2) is 9.78 Å². The summed E-state index contributed by atoms with van der Waals surface area (Å²) in [4.78, 5) is 26.1. The molecule has 0 saturated heterocycles. The third kappa shape index (κ3) is 3.55. The predicted molar refractivity (Wildman–Crippen MR) is 73.2 cm³/mol. The second-order valence-electron chi connectivity index (χ2n) is 4.02. The average Bonchev–Trinajstić information content (AvgIpc) is 2.91. The minimum atomic E-state index is -1.15. The van der Waals surface area contributed by atoms with E-state index in [4.69, 9.17) is 10.2 Å². The maximum atomic E-state index is 11.7. The van der Waals surface area contributed by atoms with Crippen molar-refractivity contribution in [3.05, 3.63) is 45.9 Å². The zero-order valence-electron chi connectivity index (χ0n) is 10.4. The van der Waals surface area contributed by atoms with Gasteiger partial charge in [0.05, 0.1) is 0 Å². The molecule has 0 radical (unpaired) electrons. The smallest absolute Gasteiger partial charge is 0.355 e. The van der Waals surface area contributed by atoms with Gasteiger partial charge < -0.3 is 15.5 Å². The molecule has 6 nitrogen and oxygen atoms in total. The SMILES string of the molecule is O=C(O)c1csc(C(=O)NCCc2ccc(O)cc2)n1. The summed E-state index contributed by atoms with van der Waals surface area (Å²) in [6.07, 6.45) is 0.614. The zero-order valence-corrected chi connectivity index (χ0v) is 11.2. The molecule has 1 amide bonds. The van der Waals surface area contributed by atoms with E-state index in [9.17, 15) is 9.59 Å². The van der Waals surface area contributed by atoms with E-state index in [0.29, 0.717) is 13.0 Å². The van der Waals surface area contributed by atoms with Crippen molar-refractivity contribution in [1.29, 1.82) is 0 Å². The number of phenols is 1. The van der Waals surface area contributed by atoms with Gasteiger partial charge in [-0.1, -0.05) is 12.1 Å². The van der Waals surface area contributed by atoms with Gasteiger partial charge >= 0.3 is 5.97 Å². The first-order chi connectivity index (χ1) is 9.56. The standard InChI is InChI=1S/C13H12N2O4S/c16-9-3-1-8(2-4-9)5-6-14-11(17)12-15-10(7-20-12)13(18)19/h1-4,7,16H,5-6H2,(H,14,17)(H,18,19). The normalized spacial score (nSPS) is 10.2. The zero-order chi connectivity index (χ0) is 14.5. The second kappa shape index (κ2) is 6.16. The van der Waals surface area contributed by atoms with Crippen molar-refractivity contribution in [3.63, 3.8) is 0 Å². The number of aromatic carboxylic acids is 1. The first kappa shape index (κ1) is 14.0. The summed E-state index contributed by atoms with van der Waals surface area (Å²) >= 11 is 0.997. The average molecular weight is 292 g/mol. The van der Waals surface area contributed by atoms with E-state index in [1.54, 1.807) is 24.3 Å². The van der Waals surface area contributed by atoms with Crippen LogP contribution in [0.25, 0.3) is 0 Å². The van der Waals surface area contributed by atoms with Crippen molar-refractivity contribution in [1.82, 2.24) is 10.3 Å². The van der Waals surface area contributed by atoms with Crippen LogP contribution in [0.5, 0.6) is 5.75 Å². The van der Waals surface area contributed by atoms with E-state index in [1.807, 2.05) is 0 Å². The fourth-order valence-corrected chi connectivity index (χ4v) is 2.24. The lowest BCUT2D eigenvalue weighted by Gasteiger charge is -2.03. The van der Waals surface area contributed by atoms with Gasteiger partial charge in [-0.05, 0) is 24.1 Å². The molecule has 20 heavy (non-hydrogen) atoms. The molecule has 0 aliphatic heterocycles. The third-order valence-corrected chi connectivity index (χ3v) is 3.39. The number of hydrogen-bond donors (Lipinski definition) is 3. The summed E-state index contributed by atoms with van der Waals surface area (Å²) < 4.78 is 0. The van der Waals surface area contributed by atoms with Crippen LogP contribution < -0.4 is 5.32 Å². The van der Waals surface area contributed by atoms with Gasteiger partial charge in [-0.15, -0.1) is 11.3 Å². The Balaban J connectivity index is 1.85. The van der Waals surface area contributed by atoms with Crippen molar-refractivity contribution in [2.45, 2.75) is 6.42 Å². The van der Waals surface area contributed by atoms with Crippen LogP contribution in [0, 0.1) is 0 Å². The molecule has 0 aliphatic carbocycles. The maximum Gasteiger partial charge on any atom is 0.355 e. The van der Waals surface area contributed by atoms with E-state index in [2.05, 4.69) is 10.3 Å². The van der Waals surface area contributed by atoms with E-state index in [0.717, 1.165) is 16.9 Å². The number of carbonyl (C=O) groups is 2. The number of nitrogens with zero attached hydrogens (tertiary/aromatic N) is 1. The molecule has 3 N–H and O–H groups in total. The van der Waals surface area contributed by atoms with E-state index in [-0.39, 0.29) is 22.4 Å². The second-order valence-corrected chi connectivity index (χ2v) is 4.87. The van der Waals surface area contributed by atoms with Crippen molar-refractivity contribution in [2.75, 3.05) is 6.54 Å². The van der Waals surface area contributed by atoms with Crippen molar-refractivity contribution < 1.29 is 19.8 Å². The fraction of sp³-hybridized carbons (Fsp3) is 0.154. The Morgan fingerprint density at radius 2 is 1.95 bits per heavy atom. The van der Waals surface area contributed by atoms with E-state index >= 15 is 0 Å². The molecule has 2 rings (SSSR count). The summed E-state index contributed by atoms with van der Waals surface area (Å²) in [5.74, 6) is -1.34. The molecule has 0 atom stereocenters. The molecule has 2 aromatic rings. The molecule has 1 aromatic heterocycles. The lowest BCUT2D eigenvalue weighted by Crippen LogP contribution is -2.25. The lowest BCUT2D eigenvalue weighted by molar-refractivity contribution is 0.0691. The highest BCUT2D eigenvalue weighted by molar-refractivity contribution is 7.11. The minimum Gasteiger partial charge on any atom is -0.508 e. The fourth-order valence-electron chi connectivity index (χ4n) is 1.53. The van der Waals surface area contributed by atoms with Crippen LogP contribution in [-0.4, -0.2) is 33.6 Å². The summed E-state index contributed by atoms with van der Waals surface area (Å²) in [5, 5.41) is 22.0. The molecule has 0 aliphatic rings. The molecule has 7 heteroatoms. The molecule has 0 spiro atoms. The quantitative estimate of drug-likeness (QED) is 0.776. The highest BCUT2D eigenvalue weighted by Gasteiger charge is 2.14. The van der Waals surface area contributed by atoms with Crippen molar-refractivity contribution in [3.8, 4) is 5.75 Å². The van der Waals surface area contributed by atoms with Crippen LogP contribution in [0.1, 0.15) is 25.9 Å². The number of hydrogen-bond acceptors (Lipinski definition) is 5. The number of phenolic OH excluding ortho intramolecular Hbond substituents is 1. The monoisotopic (exact) mass is 292 g/mol. The highest BCUT2D eigenvalue weighted by Crippen LogP contribution is 2.11. The van der Waals surface area contributed by atoms with Crippen LogP contribution in [0.4, 0.5) is 0 Å². The number of carboxylic acid groups (broad SMARTS) is 1. The Kier molecular flexibility index (Phi) is 4.31. The number of nitrogens with one attached hydrogen (secondary N) is 1. The molecule has 0 saturated carbocycles. The minimum absolute atomic E-state index is 0.126. The molecule has 0 unspecified atom stereocenters. The number of amides is 1. The number of aromatic hydroxyl groups is 1. The van der Waals surface area contributed by atoms with Crippen LogP contribution in [0.2, 0.25) is 0 Å². The van der Waals surface area contributed by atoms with Crippen molar-refractivity contribution >= 4 is 23.2 Å². The highest BCUT2D eigenvalue weighted by atomic mass is 32.1. The summed E-state index contributed by atoms with van der Waals surface area (Å²) in [5.41, 5.74) is 0.854. The van der Waals surface area contributed by atoms with Crippen LogP contribution in [0.3, 0.4) is 0 Å². The first-order valence-corrected chi connectivity index (χ1v) is 6.69. The number of carboxylic acids is 1. The van der Waals surface area contributed by atoms with Gasteiger partial charge in [0, 0.05) is 11.9 Å². The number of benzene rings is 1. The third-order valence-electron chi connectivity index (χ3n) is 2.55. The van der Waals surface area contributed by atoms with Gasteiger partial charge in [-0.2, -0.15) is 0 Å². The summed E-state index contributed by atoms with van der Waals surface area (Å²) in [7, 11) is 0. The van der Waals surface area contributed by atoms with Crippen LogP contribution in [0.15, 0.2) is 29.6 Å². The molecule has 0 bridgehead atoms. The van der Waals surface area contributed by atoms with Gasteiger partial charge in [0.15, 0.2) is 10.7 Å². The van der Waals surface area contributed by atoms with E-state index < -0.39 is 5.97 Å². The summed E-state index contributed by atoms with van der Waals surface area (Å²) in [6.45, 7) is 0.408. The molecule has 1 heterocycles. The van der Waals surface area contributed by atoms with Gasteiger partial charge in [0.2, 0.25) is 0 Å². The Hall–Kier alpha value is -2.41. The number of carbonyl (C=O) groups excluding carboxylic acids is 1. The van der Waals surface area contributed by atoms with E-state index in [1.165, 1.54) is 5.38 Å². The lowest BCUT2D eigenvalue weighted by atomic mass is 10.1. The maximum absolute atomic E-state index is 11.7. The largest absolute Gasteiger partial charge is 0.508 e. The number of rotatable bonds is 5. The van der Waals surface area contributed by atoms with Gasteiger partial charge in [-0.3, -0.25) is 4.79 Å². The molecular weight excluding hydrogens is 280 g/mol. The Morgan fingerprint density at radius 1 is 1.25 bits per heavy atom. The number of thiazole rings is 1. The molecule has 0 fully saturated rings. The predicted octanol–water partition coefficient (Wildman–Crippen LogP) is 1.52. The van der Waals surface area contributed by atoms with Crippen LogP contribution in [-0.2, 0) is 6.42 Å². The van der Waals surface area contributed by atoms with Crippen molar-refractivity contribution in [2.24, 2.45) is 0 Å². The number of aromatic nitrogens is 1. The van der Waals surface area contributed by atoms with Gasteiger partial charge in [0.1, 0.15) is 5.75 Å². The Labute approximate surface area is 118 Å². The van der Waals surface area contributed by atoms with Gasteiger partial charge in [0.25, 0.3) is 5.91 Å². The molecular formula is C13H12N2O4S. The Bertz CT molecular complexity index is 622. The molecule has 1 aromatic carbocycles. The summed E-state index contributed by atoms with van der Waals surface area (Å²) in [6, 6.07) is 6.70.